The molecule has 3 aliphatic rings. The Hall–Kier alpha value is -2.17. The number of fused-ring (bicyclic) bond motifs is 1. The summed E-state index contributed by atoms with van der Waals surface area (Å²) in [6, 6.07) is 2.60. The highest BCUT2D eigenvalue weighted by atomic mass is 16.5. The molecule has 7 nitrogen and oxygen atoms in total. The zero-order chi connectivity index (χ0) is 23.8. The molecule has 33 heavy (non-hydrogen) atoms. The lowest BCUT2D eigenvalue weighted by molar-refractivity contribution is -0.135. The monoisotopic (exact) mass is 454 g/mol. The summed E-state index contributed by atoms with van der Waals surface area (Å²) in [5.74, 6) is 1.81. The molecule has 1 amide bonds. The lowest BCUT2D eigenvalue weighted by Gasteiger charge is -2.44. The lowest BCUT2D eigenvalue weighted by atomic mass is 9.87. The second kappa shape index (κ2) is 9.60. The number of nitriles is 1. The Morgan fingerprint density at radius 2 is 2.06 bits per heavy atom. The Morgan fingerprint density at radius 1 is 1.30 bits per heavy atom. The van der Waals surface area contributed by atoms with Crippen molar-refractivity contribution >= 4 is 11.7 Å². The number of carbonyl (C=O) groups is 1. The summed E-state index contributed by atoms with van der Waals surface area (Å²) in [5, 5.41) is 10.2. The van der Waals surface area contributed by atoms with Gasteiger partial charge in [-0.15, -0.1) is 0 Å². The number of carbonyl (C=O) groups excluding carboxylic acids is 1. The van der Waals surface area contributed by atoms with Crippen molar-refractivity contribution in [1.82, 2.24) is 9.88 Å². The summed E-state index contributed by atoms with van der Waals surface area (Å²) in [6.45, 7) is 11.7. The highest BCUT2D eigenvalue weighted by Crippen LogP contribution is 2.46. The van der Waals surface area contributed by atoms with E-state index in [0.29, 0.717) is 56.7 Å². The fourth-order valence-electron chi connectivity index (χ4n) is 5.21. The van der Waals surface area contributed by atoms with E-state index in [4.69, 9.17) is 14.5 Å². The van der Waals surface area contributed by atoms with Crippen molar-refractivity contribution in [3.05, 3.63) is 22.4 Å². The zero-order valence-corrected chi connectivity index (χ0v) is 20.8. The standard InChI is InChI=1S/C26H38N4O3/c1-17(2)22-15-29(10-11-30(22)23(31)7-6-12-32-5)25-20(14-27)19-13-26(3,4)33-16-21(19)24(28-25)18-8-9-18/h17-18,22H,6-13,15-16H2,1-5H3/t22-/m0/s1. The van der Waals surface area contributed by atoms with E-state index < -0.39 is 0 Å². The first kappa shape index (κ1) is 24.0. The molecule has 2 fully saturated rings. The second-order valence-electron chi connectivity index (χ2n) is 10.7. The van der Waals surface area contributed by atoms with Crippen LogP contribution >= 0.6 is 0 Å². The molecule has 0 aromatic carbocycles. The molecule has 7 heteroatoms. The van der Waals surface area contributed by atoms with Crippen LogP contribution in [0, 0.1) is 17.2 Å². The number of amides is 1. The summed E-state index contributed by atoms with van der Waals surface area (Å²) < 4.78 is 11.2. The predicted octanol–water partition coefficient (Wildman–Crippen LogP) is 3.78. The van der Waals surface area contributed by atoms with E-state index in [1.807, 2.05) is 4.90 Å². The highest BCUT2D eigenvalue weighted by molar-refractivity contribution is 5.77. The first-order chi connectivity index (χ1) is 15.8. The predicted molar refractivity (Wildman–Crippen MR) is 127 cm³/mol. The van der Waals surface area contributed by atoms with Crippen molar-refractivity contribution in [2.75, 3.05) is 38.3 Å². The minimum Gasteiger partial charge on any atom is -0.385 e. The van der Waals surface area contributed by atoms with Crippen molar-refractivity contribution in [2.24, 2.45) is 5.92 Å². The first-order valence-electron chi connectivity index (χ1n) is 12.4. The number of aromatic nitrogens is 1. The summed E-state index contributed by atoms with van der Waals surface area (Å²) in [5.41, 5.74) is 3.82. The molecule has 0 unspecified atom stereocenters. The van der Waals surface area contributed by atoms with E-state index in [9.17, 15) is 10.1 Å². The number of rotatable bonds is 7. The molecule has 1 aliphatic carbocycles. The summed E-state index contributed by atoms with van der Waals surface area (Å²) in [6.07, 6.45) is 4.30. The third-order valence-corrected chi connectivity index (χ3v) is 7.26. The van der Waals surface area contributed by atoms with Gasteiger partial charge in [0.1, 0.15) is 11.9 Å². The molecule has 2 aliphatic heterocycles. The van der Waals surface area contributed by atoms with E-state index in [0.717, 1.165) is 48.3 Å². The van der Waals surface area contributed by atoms with Gasteiger partial charge in [0.25, 0.3) is 0 Å². The molecule has 180 valence electrons. The number of hydrogen-bond donors (Lipinski definition) is 0. The van der Waals surface area contributed by atoms with Gasteiger partial charge in [0.2, 0.25) is 5.91 Å². The molecular formula is C26H38N4O3. The number of anilines is 1. The van der Waals surface area contributed by atoms with Gasteiger partial charge in [-0.25, -0.2) is 4.98 Å². The van der Waals surface area contributed by atoms with Gasteiger partial charge in [-0.2, -0.15) is 5.26 Å². The molecule has 1 aromatic rings. The summed E-state index contributed by atoms with van der Waals surface area (Å²) in [4.78, 5) is 22.4. The van der Waals surface area contributed by atoms with Crippen LogP contribution in [-0.4, -0.2) is 60.8 Å². The van der Waals surface area contributed by atoms with E-state index >= 15 is 0 Å². The number of ether oxygens (including phenoxy) is 2. The molecule has 1 aromatic heterocycles. The van der Waals surface area contributed by atoms with E-state index in [1.54, 1.807) is 7.11 Å². The minimum absolute atomic E-state index is 0.0994. The largest absolute Gasteiger partial charge is 0.385 e. The summed E-state index contributed by atoms with van der Waals surface area (Å²) in [7, 11) is 1.67. The quantitative estimate of drug-likeness (QED) is 0.584. The van der Waals surface area contributed by atoms with Gasteiger partial charge in [0, 0.05) is 57.7 Å². The van der Waals surface area contributed by atoms with E-state index in [1.165, 1.54) is 0 Å². The minimum atomic E-state index is -0.286. The van der Waals surface area contributed by atoms with Crippen molar-refractivity contribution < 1.29 is 14.3 Å². The number of pyridine rings is 1. The van der Waals surface area contributed by atoms with Crippen molar-refractivity contribution in [2.45, 2.75) is 84.0 Å². The third kappa shape index (κ3) is 5.02. The van der Waals surface area contributed by atoms with E-state index in [2.05, 4.69) is 38.7 Å². The molecule has 0 spiro atoms. The van der Waals surface area contributed by atoms with Crippen molar-refractivity contribution in [3.8, 4) is 6.07 Å². The molecule has 0 bridgehead atoms. The van der Waals surface area contributed by atoms with Crippen molar-refractivity contribution in [3.63, 3.8) is 0 Å². The van der Waals surface area contributed by atoms with Gasteiger partial charge in [-0.1, -0.05) is 13.8 Å². The number of nitrogens with zero attached hydrogens (tertiary/aromatic N) is 4. The van der Waals surface area contributed by atoms with Crippen LogP contribution in [0.2, 0.25) is 0 Å². The molecule has 3 heterocycles. The average Bonchev–Trinajstić information content (AvgIpc) is 3.62. The van der Waals surface area contributed by atoms with Crippen LogP contribution in [0.25, 0.3) is 0 Å². The Morgan fingerprint density at radius 3 is 2.70 bits per heavy atom. The smallest absolute Gasteiger partial charge is 0.223 e. The van der Waals surface area contributed by atoms with Crippen LogP contribution in [-0.2, 0) is 27.3 Å². The van der Waals surface area contributed by atoms with Crippen LogP contribution in [0.4, 0.5) is 5.82 Å². The Labute approximate surface area is 198 Å². The van der Waals surface area contributed by atoms with Crippen LogP contribution < -0.4 is 4.90 Å². The molecule has 1 atom stereocenters. The Balaban J connectivity index is 1.65. The SMILES string of the molecule is COCCCC(=O)N1CCN(c2nc(C3CC3)c3c(c2C#N)CC(C)(C)OC3)C[C@H]1C(C)C. The molecule has 1 saturated heterocycles. The van der Waals surface area contributed by atoms with Crippen LogP contribution in [0.3, 0.4) is 0 Å². The zero-order valence-electron chi connectivity index (χ0n) is 20.8. The van der Waals surface area contributed by atoms with Gasteiger partial charge >= 0.3 is 0 Å². The second-order valence-corrected chi connectivity index (χ2v) is 10.7. The van der Waals surface area contributed by atoms with Gasteiger partial charge in [-0.05, 0) is 44.6 Å². The number of methoxy groups -OCH3 is 1. The van der Waals surface area contributed by atoms with Crippen molar-refractivity contribution in [1.29, 1.82) is 5.26 Å². The van der Waals surface area contributed by atoms with Gasteiger partial charge in [-0.3, -0.25) is 4.79 Å². The normalized spacial score (nSPS) is 22.3. The topological polar surface area (TPSA) is 78.7 Å². The molecule has 0 radical (unpaired) electrons. The highest BCUT2D eigenvalue weighted by Gasteiger charge is 2.39. The fraction of sp³-hybridized carbons (Fsp3) is 0.731. The summed E-state index contributed by atoms with van der Waals surface area (Å²) >= 11 is 0. The van der Waals surface area contributed by atoms with E-state index in [-0.39, 0.29) is 17.6 Å². The van der Waals surface area contributed by atoms with Gasteiger partial charge < -0.3 is 19.3 Å². The van der Waals surface area contributed by atoms with Crippen LogP contribution in [0.15, 0.2) is 0 Å². The Bertz CT molecular complexity index is 932. The number of hydrogen-bond acceptors (Lipinski definition) is 6. The van der Waals surface area contributed by atoms with Gasteiger partial charge in [0.05, 0.1) is 29.5 Å². The average molecular weight is 455 g/mol. The maximum atomic E-state index is 12.9. The Kier molecular flexibility index (Phi) is 6.97. The fourth-order valence-corrected chi connectivity index (χ4v) is 5.21. The molecule has 0 N–H and O–H groups in total. The maximum absolute atomic E-state index is 12.9. The third-order valence-electron chi connectivity index (χ3n) is 7.26. The molecule has 1 saturated carbocycles. The molecule has 4 rings (SSSR count). The van der Waals surface area contributed by atoms with Gasteiger partial charge in [0.15, 0.2) is 0 Å². The number of piperazine rings is 1. The van der Waals surface area contributed by atoms with Crippen LogP contribution in [0.1, 0.15) is 81.7 Å². The molecular weight excluding hydrogens is 416 g/mol. The lowest BCUT2D eigenvalue weighted by Crippen LogP contribution is -2.57. The first-order valence-corrected chi connectivity index (χ1v) is 12.4. The maximum Gasteiger partial charge on any atom is 0.223 e. The van der Waals surface area contributed by atoms with Crippen LogP contribution in [0.5, 0.6) is 0 Å².